The Bertz CT molecular complexity index is 1290. The molecule has 0 fully saturated rings. The average molecular weight is 478 g/mol. The van der Waals surface area contributed by atoms with Crippen LogP contribution < -0.4 is 19.5 Å². The Kier molecular flexibility index (Phi) is 5.90. The van der Waals surface area contributed by atoms with Crippen molar-refractivity contribution < 1.29 is 35.9 Å². The highest BCUT2D eigenvalue weighted by atomic mass is 32.2. The van der Waals surface area contributed by atoms with E-state index < -0.39 is 27.7 Å². The minimum Gasteiger partial charge on any atom is -0.486 e. The number of hydrogen-bond acceptors (Lipinski definition) is 5. The predicted molar refractivity (Wildman–Crippen MR) is 114 cm³/mol. The minimum atomic E-state index is -4.60. The van der Waals surface area contributed by atoms with Crippen molar-refractivity contribution in [3.8, 4) is 11.5 Å². The average Bonchev–Trinajstić information content (AvgIpc) is 2.78. The molecule has 0 spiro atoms. The number of sulfonamides is 1. The van der Waals surface area contributed by atoms with Gasteiger partial charge in [-0.05, 0) is 54.6 Å². The largest absolute Gasteiger partial charge is 0.486 e. The summed E-state index contributed by atoms with van der Waals surface area (Å²) in [6.07, 6.45) is -4.60. The highest BCUT2D eigenvalue weighted by Crippen LogP contribution is 2.33. The fourth-order valence-corrected chi connectivity index (χ4v) is 4.13. The second-order valence-corrected chi connectivity index (χ2v) is 8.70. The molecule has 3 aromatic rings. The van der Waals surface area contributed by atoms with Crippen molar-refractivity contribution in [2.45, 2.75) is 11.1 Å². The third kappa shape index (κ3) is 5.20. The van der Waals surface area contributed by atoms with Gasteiger partial charge in [-0.3, -0.25) is 9.52 Å². The van der Waals surface area contributed by atoms with E-state index in [2.05, 4.69) is 10.0 Å². The van der Waals surface area contributed by atoms with Gasteiger partial charge in [0.15, 0.2) is 11.5 Å². The summed E-state index contributed by atoms with van der Waals surface area (Å²) in [7, 11) is -4.17. The van der Waals surface area contributed by atoms with Gasteiger partial charge >= 0.3 is 6.18 Å². The summed E-state index contributed by atoms with van der Waals surface area (Å²) in [6, 6.07) is 13.8. The second-order valence-electron chi connectivity index (χ2n) is 7.02. The predicted octanol–water partition coefficient (Wildman–Crippen LogP) is 4.53. The summed E-state index contributed by atoms with van der Waals surface area (Å²) in [6.45, 7) is 0.839. The van der Waals surface area contributed by atoms with Crippen LogP contribution in [0.15, 0.2) is 71.6 Å². The first kappa shape index (κ1) is 22.5. The van der Waals surface area contributed by atoms with Gasteiger partial charge in [0, 0.05) is 23.0 Å². The monoisotopic (exact) mass is 478 g/mol. The highest BCUT2D eigenvalue weighted by molar-refractivity contribution is 7.92. The quantitative estimate of drug-likeness (QED) is 0.562. The lowest BCUT2D eigenvalue weighted by Gasteiger charge is -2.19. The molecular weight excluding hydrogens is 461 g/mol. The molecule has 1 heterocycles. The lowest BCUT2D eigenvalue weighted by molar-refractivity contribution is -0.137. The number of halogens is 3. The number of hydrogen-bond donors (Lipinski definition) is 2. The summed E-state index contributed by atoms with van der Waals surface area (Å²) in [5.74, 6) is 0.588. The van der Waals surface area contributed by atoms with E-state index >= 15 is 0 Å². The number of ether oxygens (including phenoxy) is 2. The van der Waals surface area contributed by atoms with Crippen LogP contribution in [0.4, 0.5) is 24.5 Å². The molecule has 1 aliphatic rings. The third-order valence-electron chi connectivity index (χ3n) is 4.67. The Morgan fingerprint density at radius 1 is 0.848 bits per heavy atom. The van der Waals surface area contributed by atoms with Crippen LogP contribution in [-0.2, 0) is 16.2 Å². The van der Waals surface area contributed by atoms with Crippen LogP contribution in [0.2, 0.25) is 0 Å². The Labute approximate surface area is 187 Å². The molecule has 0 saturated carbocycles. The molecule has 0 radical (unpaired) electrons. The van der Waals surface area contributed by atoms with Crippen LogP contribution >= 0.6 is 0 Å². The van der Waals surface area contributed by atoms with Gasteiger partial charge in [0.25, 0.3) is 15.9 Å². The van der Waals surface area contributed by atoms with Gasteiger partial charge in [-0.15, -0.1) is 0 Å². The minimum absolute atomic E-state index is 0.183. The van der Waals surface area contributed by atoms with E-state index in [4.69, 9.17) is 9.47 Å². The van der Waals surface area contributed by atoms with E-state index in [1.165, 1.54) is 30.3 Å². The maximum Gasteiger partial charge on any atom is 0.416 e. The van der Waals surface area contributed by atoms with Crippen molar-refractivity contribution in [2.24, 2.45) is 0 Å². The number of anilines is 2. The maximum absolute atomic E-state index is 12.9. The fourth-order valence-electron chi connectivity index (χ4n) is 3.08. The summed E-state index contributed by atoms with van der Waals surface area (Å²) in [5, 5.41) is 2.68. The molecule has 2 N–H and O–H groups in total. The molecule has 172 valence electrons. The van der Waals surface area contributed by atoms with Gasteiger partial charge < -0.3 is 14.8 Å². The van der Waals surface area contributed by atoms with E-state index in [0.717, 1.165) is 12.1 Å². The normalized spacial score (nSPS) is 13.3. The molecule has 4 rings (SSSR count). The summed E-state index contributed by atoms with van der Waals surface area (Å²) in [5.41, 5.74) is -0.561. The number of rotatable bonds is 5. The van der Waals surface area contributed by atoms with Crippen molar-refractivity contribution in [3.05, 3.63) is 77.9 Å². The number of carbonyl (C=O) groups is 1. The number of carbonyl (C=O) groups excluding carboxylic acids is 1. The van der Waals surface area contributed by atoms with E-state index in [0.29, 0.717) is 36.5 Å². The molecule has 0 aliphatic carbocycles. The molecule has 0 saturated heterocycles. The van der Waals surface area contributed by atoms with E-state index in [1.807, 2.05) is 0 Å². The zero-order chi connectivity index (χ0) is 23.6. The lowest BCUT2D eigenvalue weighted by Crippen LogP contribution is -2.17. The molecule has 0 atom stereocenters. The second kappa shape index (κ2) is 8.66. The Balaban J connectivity index is 1.46. The van der Waals surface area contributed by atoms with Crippen LogP contribution in [0.5, 0.6) is 11.5 Å². The van der Waals surface area contributed by atoms with Crippen LogP contribution in [0.3, 0.4) is 0 Å². The van der Waals surface area contributed by atoms with Crippen molar-refractivity contribution in [3.63, 3.8) is 0 Å². The SMILES string of the molecule is O=C(Nc1ccc2c(c1)OCCO2)c1ccc(S(=O)(=O)Nc2cccc(C(F)(F)F)c2)cc1. The zero-order valence-corrected chi connectivity index (χ0v) is 17.7. The van der Waals surface area contributed by atoms with Crippen LogP contribution in [0.25, 0.3) is 0 Å². The first-order valence-corrected chi connectivity index (χ1v) is 11.1. The van der Waals surface area contributed by atoms with Gasteiger partial charge in [-0.2, -0.15) is 13.2 Å². The van der Waals surface area contributed by atoms with E-state index in [-0.39, 0.29) is 16.1 Å². The maximum atomic E-state index is 12.9. The molecule has 11 heteroatoms. The highest BCUT2D eigenvalue weighted by Gasteiger charge is 2.30. The zero-order valence-electron chi connectivity index (χ0n) is 16.8. The van der Waals surface area contributed by atoms with Crippen LogP contribution in [-0.4, -0.2) is 27.5 Å². The summed E-state index contributed by atoms with van der Waals surface area (Å²) in [4.78, 5) is 12.3. The smallest absolute Gasteiger partial charge is 0.416 e. The topological polar surface area (TPSA) is 93.7 Å². The molecule has 0 aromatic heterocycles. The number of amides is 1. The van der Waals surface area contributed by atoms with Gasteiger partial charge in [0.05, 0.1) is 10.5 Å². The van der Waals surface area contributed by atoms with Crippen molar-refractivity contribution in [1.29, 1.82) is 0 Å². The van der Waals surface area contributed by atoms with E-state index in [9.17, 15) is 26.4 Å². The fraction of sp³-hybridized carbons (Fsp3) is 0.136. The van der Waals surface area contributed by atoms with Crippen LogP contribution in [0, 0.1) is 0 Å². The molecule has 0 bridgehead atoms. The van der Waals surface area contributed by atoms with Gasteiger partial charge in [0.1, 0.15) is 13.2 Å². The van der Waals surface area contributed by atoms with Crippen LogP contribution in [0.1, 0.15) is 15.9 Å². The van der Waals surface area contributed by atoms with Crippen molar-refractivity contribution >= 4 is 27.3 Å². The Hall–Kier alpha value is -3.73. The Morgan fingerprint density at radius 3 is 2.24 bits per heavy atom. The first-order chi connectivity index (χ1) is 15.6. The molecule has 1 amide bonds. The Morgan fingerprint density at radius 2 is 1.55 bits per heavy atom. The molecule has 7 nitrogen and oxygen atoms in total. The molecule has 0 unspecified atom stereocenters. The standard InChI is InChI=1S/C22H17F3N2O5S/c23-22(24,25)15-2-1-3-17(12-15)27-33(29,30)18-7-4-14(5-8-18)21(28)26-16-6-9-19-20(13-16)32-11-10-31-19/h1-9,12-13,27H,10-11H2,(H,26,28). The summed E-state index contributed by atoms with van der Waals surface area (Å²) < 4.78 is 76.7. The number of benzene rings is 3. The molecular formula is C22H17F3N2O5S. The van der Waals surface area contributed by atoms with E-state index in [1.54, 1.807) is 18.2 Å². The van der Waals surface area contributed by atoms with Crippen molar-refractivity contribution in [2.75, 3.05) is 23.3 Å². The van der Waals surface area contributed by atoms with Gasteiger partial charge in [0.2, 0.25) is 0 Å². The van der Waals surface area contributed by atoms with Crippen molar-refractivity contribution in [1.82, 2.24) is 0 Å². The van der Waals surface area contributed by atoms with Gasteiger partial charge in [-0.1, -0.05) is 6.07 Å². The number of fused-ring (bicyclic) bond motifs is 1. The molecule has 1 aliphatic heterocycles. The summed E-state index contributed by atoms with van der Waals surface area (Å²) >= 11 is 0. The van der Waals surface area contributed by atoms with Gasteiger partial charge in [-0.25, -0.2) is 8.42 Å². The first-order valence-electron chi connectivity index (χ1n) is 9.63. The molecule has 3 aromatic carbocycles. The number of alkyl halides is 3. The third-order valence-corrected chi connectivity index (χ3v) is 6.07. The number of nitrogens with one attached hydrogen (secondary N) is 2. The lowest BCUT2D eigenvalue weighted by atomic mass is 10.2. The molecule has 33 heavy (non-hydrogen) atoms.